The normalized spacial score (nSPS) is 22.0. The number of rotatable bonds is 3. The molecule has 0 aromatic heterocycles. The minimum absolute atomic E-state index is 0.0233. The number of alkyl halides is 1. The van der Waals surface area contributed by atoms with E-state index in [2.05, 4.69) is 9.98 Å². The van der Waals surface area contributed by atoms with E-state index in [0.29, 0.717) is 5.96 Å². The lowest BCUT2D eigenvalue weighted by Gasteiger charge is -2.40. The van der Waals surface area contributed by atoms with Crippen LogP contribution in [0.3, 0.4) is 0 Å². The van der Waals surface area contributed by atoms with Crippen molar-refractivity contribution in [1.29, 1.82) is 0 Å². The zero-order valence-electron chi connectivity index (χ0n) is 14.4. The summed E-state index contributed by atoms with van der Waals surface area (Å²) in [5.74, 6) is -0.558. The molecule has 2 aromatic rings. The first kappa shape index (κ1) is 18.7. The van der Waals surface area contributed by atoms with E-state index in [9.17, 15) is 4.39 Å². The molecule has 1 aliphatic heterocycles. The number of nitrogens with two attached hydrogens (primary N) is 1. The summed E-state index contributed by atoms with van der Waals surface area (Å²) in [5, 5.41) is 0.269. The van der Waals surface area contributed by atoms with Crippen molar-refractivity contribution in [3.63, 3.8) is 0 Å². The number of amidine groups is 1. The van der Waals surface area contributed by atoms with Gasteiger partial charge in [0.1, 0.15) is 17.2 Å². The van der Waals surface area contributed by atoms with Gasteiger partial charge in [0.05, 0.1) is 11.6 Å². The Morgan fingerprint density at radius 3 is 2.46 bits per heavy atom. The second-order valence-corrected chi connectivity index (χ2v) is 7.13. The summed E-state index contributed by atoms with van der Waals surface area (Å²) in [6, 6.07) is 13.9. The number of nitrogens with zero attached hydrogens (tertiary/aromatic N) is 3. The predicted octanol–water partition coefficient (Wildman–Crippen LogP) is 4.90. The van der Waals surface area contributed by atoms with Crippen molar-refractivity contribution in [2.75, 3.05) is 0 Å². The van der Waals surface area contributed by atoms with Crippen LogP contribution in [0.15, 0.2) is 58.5 Å². The van der Waals surface area contributed by atoms with E-state index >= 15 is 0 Å². The fourth-order valence-electron chi connectivity index (χ4n) is 2.96. The van der Waals surface area contributed by atoms with E-state index in [1.54, 1.807) is 12.1 Å². The standard InChI is InChI=1S/C19H19Cl2FN4/c1-11(2)26-17(21)16(15-13(20)9-6-10-14(15)22)18(23)25-19(26)24-12-7-4-3-5-8-12/h3-11,16-17H,1-2H3,(H2,23,24,25). The molecule has 2 aromatic carbocycles. The van der Waals surface area contributed by atoms with Crippen molar-refractivity contribution < 1.29 is 4.39 Å². The molecule has 1 aliphatic rings. The maximum Gasteiger partial charge on any atom is 0.229 e. The van der Waals surface area contributed by atoms with Gasteiger partial charge in [0.25, 0.3) is 0 Å². The molecule has 0 spiro atoms. The number of halogens is 3. The number of hydrogen-bond acceptors (Lipinski definition) is 2. The zero-order chi connectivity index (χ0) is 18.8. The van der Waals surface area contributed by atoms with E-state index in [1.807, 2.05) is 49.1 Å². The molecule has 0 fully saturated rings. The minimum atomic E-state index is -0.678. The Labute approximate surface area is 162 Å². The number of para-hydroxylation sites is 1. The SMILES string of the molecule is CC(C)N1C(=Nc2ccccc2)N=C(N)C(c2c(F)cccc2Cl)C1Cl. The Morgan fingerprint density at radius 1 is 1.15 bits per heavy atom. The maximum atomic E-state index is 14.5. The average molecular weight is 393 g/mol. The van der Waals surface area contributed by atoms with Crippen molar-refractivity contribution in [2.45, 2.75) is 31.3 Å². The molecule has 2 N–H and O–H groups in total. The monoisotopic (exact) mass is 392 g/mol. The van der Waals surface area contributed by atoms with Crippen LogP contribution in [0.1, 0.15) is 25.3 Å². The second kappa shape index (κ2) is 7.64. The van der Waals surface area contributed by atoms with Crippen LogP contribution in [0.4, 0.5) is 10.1 Å². The Hall–Kier alpha value is -2.11. The van der Waals surface area contributed by atoms with E-state index in [4.69, 9.17) is 28.9 Å². The van der Waals surface area contributed by atoms with E-state index < -0.39 is 17.2 Å². The number of aliphatic imine (C=N–C) groups is 2. The molecule has 3 rings (SSSR count). The fraction of sp³-hybridized carbons (Fsp3) is 0.263. The van der Waals surface area contributed by atoms with E-state index in [1.165, 1.54) is 6.07 Å². The summed E-state index contributed by atoms with van der Waals surface area (Å²) < 4.78 is 14.5. The van der Waals surface area contributed by atoms with Crippen molar-refractivity contribution in [3.8, 4) is 0 Å². The smallest absolute Gasteiger partial charge is 0.229 e. The molecule has 136 valence electrons. The third-order valence-electron chi connectivity index (χ3n) is 4.17. The molecular formula is C19H19Cl2FN4. The van der Waals surface area contributed by atoms with Crippen molar-refractivity contribution in [2.24, 2.45) is 15.7 Å². The van der Waals surface area contributed by atoms with Gasteiger partial charge in [-0.25, -0.2) is 9.38 Å². The Kier molecular flexibility index (Phi) is 5.49. The van der Waals surface area contributed by atoms with Gasteiger partial charge in [-0.1, -0.05) is 47.5 Å². The van der Waals surface area contributed by atoms with Gasteiger partial charge >= 0.3 is 0 Å². The summed E-state index contributed by atoms with van der Waals surface area (Å²) in [6.45, 7) is 3.93. The van der Waals surface area contributed by atoms with Gasteiger partial charge in [-0.05, 0) is 38.1 Å². The van der Waals surface area contributed by atoms with E-state index in [-0.39, 0.29) is 22.5 Å². The van der Waals surface area contributed by atoms with Crippen LogP contribution in [0.25, 0.3) is 0 Å². The topological polar surface area (TPSA) is 54.0 Å². The molecule has 2 atom stereocenters. The third kappa shape index (κ3) is 3.55. The Balaban J connectivity index is 2.12. The van der Waals surface area contributed by atoms with Crippen LogP contribution in [0.5, 0.6) is 0 Å². The molecule has 7 heteroatoms. The molecule has 0 radical (unpaired) electrons. The molecule has 0 amide bonds. The van der Waals surface area contributed by atoms with E-state index in [0.717, 1.165) is 5.69 Å². The summed E-state index contributed by atoms with van der Waals surface area (Å²) in [4.78, 5) is 10.8. The molecule has 0 saturated carbocycles. The number of benzene rings is 2. The predicted molar refractivity (Wildman–Crippen MR) is 106 cm³/mol. The highest BCUT2D eigenvalue weighted by atomic mass is 35.5. The minimum Gasteiger partial charge on any atom is -0.386 e. The molecule has 1 heterocycles. The van der Waals surface area contributed by atoms with Crippen LogP contribution in [-0.2, 0) is 0 Å². The first-order valence-electron chi connectivity index (χ1n) is 8.24. The summed E-state index contributed by atoms with van der Waals surface area (Å²) in [5.41, 5.74) is 6.48. The third-order valence-corrected chi connectivity index (χ3v) is 4.96. The second-order valence-electron chi connectivity index (χ2n) is 6.27. The van der Waals surface area contributed by atoms with Crippen LogP contribution in [0.2, 0.25) is 5.02 Å². The molecule has 2 unspecified atom stereocenters. The number of hydrogen-bond donors (Lipinski definition) is 1. The molecule has 0 bridgehead atoms. The average Bonchev–Trinajstić information content (AvgIpc) is 2.57. The van der Waals surface area contributed by atoms with Crippen molar-refractivity contribution in [3.05, 3.63) is 64.9 Å². The lowest BCUT2D eigenvalue weighted by Crippen LogP contribution is -2.51. The molecule has 0 aliphatic carbocycles. The highest BCUT2D eigenvalue weighted by molar-refractivity contribution is 6.32. The van der Waals surface area contributed by atoms with Gasteiger partial charge in [-0.15, -0.1) is 0 Å². The Morgan fingerprint density at radius 2 is 1.85 bits per heavy atom. The summed E-state index contributed by atoms with van der Waals surface area (Å²) >= 11 is 13.0. The highest BCUT2D eigenvalue weighted by Crippen LogP contribution is 2.37. The van der Waals surface area contributed by atoms with Crippen molar-refractivity contribution >= 4 is 40.7 Å². The Bertz CT molecular complexity index is 832. The molecule has 26 heavy (non-hydrogen) atoms. The molecular weight excluding hydrogens is 374 g/mol. The molecule has 0 saturated heterocycles. The van der Waals surface area contributed by atoms with Gasteiger partial charge in [-0.2, -0.15) is 4.99 Å². The first-order valence-corrected chi connectivity index (χ1v) is 9.05. The summed E-state index contributed by atoms with van der Waals surface area (Å²) in [6.07, 6.45) is 0. The van der Waals surface area contributed by atoms with Crippen LogP contribution in [0, 0.1) is 5.82 Å². The van der Waals surface area contributed by atoms with Crippen LogP contribution >= 0.6 is 23.2 Å². The lowest BCUT2D eigenvalue weighted by molar-refractivity contribution is 0.302. The number of guanidine groups is 1. The van der Waals surface area contributed by atoms with Gasteiger partial charge in [0, 0.05) is 16.6 Å². The van der Waals surface area contributed by atoms with Crippen LogP contribution < -0.4 is 5.73 Å². The molecule has 4 nitrogen and oxygen atoms in total. The van der Waals surface area contributed by atoms with Gasteiger partial charge in [0.2, 0.25) is 5.96 Å². The fourth-order valence-corrected chi connectivity index (χ4v) is 3.81. The summed E-state index contributed by atoms with van der Waals surface area (Å²) in [7, 11) is 0. The lowest BCUT2D eigenvalue weighted by atomic mass is 9.94. The largest absolute Gasteiger partial charge is 0.386 e. The van der Waals surface area contributed by atoms with Gasteiger partial charge in [0.15, 0.2) is 0 Å². The van der Waals surface area contributed by atoms with Gasteiger partial charge in [-0.3, -0.25) is 0 Å². The maximum absolute atomic E-state index is 14.5. The van der Waals surface area contributed by atoms with Gasteiger partial charge < -0.3 is 10.6 Å². The highest BCUT2D eigenvalue weighted by Gasteiger charge is 2.40. The zero-order valence-corrected chi connectivity index (χ0v) is 15.9. The quantitative estimate of drug-likeness (QED) is 0.596. The van der Waals surface area contributed by atoms with Crippen LogP contribution in [-0.4, -0.2) is 28.2 Å². The van der Waals surface area contributed by atoms with Crippen molar-refractivity contribution in [1.82, 2.24) is 4.90 Å². The first-order chi connectivity index (χ1) is 12.4.